The van der Waals surface area contributed by atoms with Crippen molar-refractivity contribution in [1.82, 2.24) is 5.32 Å². The van der Waals surface area contributed by atoms with Crippen LogP contribution in [0, 0.1) is 0 Å². The van der Waals surface area contributed by atoms with Gasteiger partial charge < -0.3 is 5.32 Å². The molecule has 1 unspecified atom stereocenters. The van der Waals surface area contributed by atoms with E-state index < -0.39 is 0 Å². The summed E-state index contributed by atoms with van der Waals surface area (Å²) in [6, 6.07) is 10.6. The van der Waals surface area contributed by atoms with Crippen molar-refractivity contribution in [2.75, 3.05) is 0 Å². The van der Waals surface area contributed by atoms with Gasteiger partial charge in [-0.1, -0.05) is 23.7 Å². The molecular formula is C13H13BrClNS. The lowest BCUT2D eigenvalue weighted by Crippen LogP contribution is -2.17. The molecule has 2 aromatic rings. The molecule has 1 N–H and O–H groups in total. The Morgan fingerprint density at radius 1 is 1.41 bits per heavy atom. The molecule has 0 aliphatic heterocycles. The van der Waals surface area contributed by atoms with Gasteiger partial charge in [-0.3, -0.25) is 0 Å². The van der Waals surface area contributed by atoms with Crippen molar-refractivity contribution in [3.05, 3.63) is 55.6 Å². The van der Waals surface area contributed by atoms with Gasteiger partial charge in [-0.05, 0) is 52.0 Å². The van der Waals surface area contributed by atoms with Gasteiger partial charge in [-0.25, -0.2) is 0 Å². The first-order valence-electron chi connectivity index (χ1n) is 5.37. The van der Waals surface area contributed by atoms with Crippen LogP contribution < -0.4 is 5.32 Å². The molecule has 1 nitrogen and oxygen atoms in total. The molecule has 1 heterocycles. The van der Waals surface area contributed by atoms with Gasteiger partial charge in [0.25, 0.3) is 0 Å². The molecule has 1 atom stereocenters. The van der Waals surface area contributed by atoms with Crippen LogP contribution in [0.2, 0.25) is 5.02 Å². The monoisotopic (exact) mass is 329 g/mol. The first kappa shape index (κ1) is 13.1. The highest BCUT2D eigenvalue weighted by Crippen LogP contribution is 2.24. The quantitative estimate of drug-likeness (QED) is 0.830. The second-order valence-corrected chi connectivity index (χ2v) is 6.11. The zero-order valence-electron chi connectivity index (χ0n) is 9.41. The molecule has 0 fully saturated rings. The fraction of sp³-hybridized carbons (Fsp3) is 0.231. The van der Waals surface area contributed by atoms with Gasteiger partial charge in [-0.2, -0.15) is 0 Å². The molecule has 0 spiro atoms. The van der Waals surface area contributed by atoms with E-state index in [4.69, 9.17) is 11.6 Å². The van der Waals surface area contributed by atoms with E-state index >= 15 is 0 Å². The van der Waals surface area contributed by atoms with Crippen LogP contribution in [0.15, 0.2) is 40.2 Å². The number of rotatable bonds is 4. The van der Waals surface area contributed by atoms with Crippen LogP contribution >= 0.6 is 38.9 Å². The number of benzene rings is 1. The Bertz CT molecular complexity index is 484. The van der Waals surface area contributed by atoms with E-state index in [1.165, 1.54) is 10.4 Å². The lowest BCUT2D eigenvalue weighted by atomic mass is 10.2. The molecular weight excluding hydrogens is 318 g/mol. The van der Waals surface area contributed by atoms with Crippen molar-refractivity contribution in [3.8, 4) is 0 Å². The highest BCUT2D eigenvalue weighted by Gasteiger charge is 2.06. The predicted molar refractivity (Wildman–Crippen MR) is 78.7 cm³/mol. The normalized spacial score (nSPS) is 12.6. The third-order valence-electron chi connectivity index (χ3n) is 2.57. The lowest BCUT2D eigenvalue weighted by molar-refractivity contribution is 0.583. The van der Waals surface area contributed by atoms with Crippen LogP contribution in [0.3, 0.4) is 0 Å². The summed E-state index contributed by atoms with van der Waals surface area (Å²) in [5.41, 5.74) is 1.23. The molecule has 0 amide bonds. The molecule has 0 aliphatic rings. The fourth-order valence-electron chi connectivity index (χ4n) is 1.56. The van der Waals surface area contributed by atoms with E-state index in [2.05, 4.69) is 51.7 Å². The average molecular weight is 331 g/mol. The van der Waals surface area contributed by atoms with Crippen LogP contribution in [-0.4, -0.2) is 0 Å². The van der Waals surface area contributed by atoms with Gasteiger partial charge in [0.15, 0.2) is 0 Å². The number of halogens is 2. The van der Waals surface area contributed by atoms with E-state index in [1.807, 2.05) is 12.1 Å². The molecule has 0 bridgehead atoms. The van der Waals surface area contributed by atoms with E-state index in [9.17, 15) is 0 Å². The number of hydrogen-bond donors (Lipinski definition) is 1. The van der Waals surface area contributed by atoms with Crippen molar-refractivity contribution in [2.45, 2.75) is 19.5 Å². The minimum Gasteiger partial charge on any atom is -0.305 e. The van der Waals surface area contributed by atoms with Crippen molar-refractivity contribution in [1.29, 1.82) is 0 Å². The Morgan fingerprint density at radius 3 is 2.88 bits per heavy atom. The molecule has 4 heteroatoms. The molecule has 2 rings (SSSR count). The Hall–Kier alpha value is -0.350. The van der Waals surface area contributed by atoms with Gasteiger partial charge in [0.1, 0.15) is 0 Å². The maximum absolute atomic E-state index is 5.96. The first-order valence-corrected chi connectivity index (χ1v) is 7.42. The Morgan fingerprint density at radius 2 is 2.24 bits per heavy atom. The Labute approximate surface area is 119 Å². The minimum atomic E-state index is 0.379. The van der Waals surface area contributed by atoms with Gasteiger partial charge in [-0.15, -0.1) is 11.3 Å². The molecule has 0 saturated carbocycles. The molecule has 1 aromatic heterocycles. The van der Waals surface area contributed by atoms with Crippen molar-refractivity contribution < 1.29 is 0 Å². The summed E-state index contributed by atoms with van der Waals surface area (Å²) in [4.78, 5) is 1.36. The van der Waals surface area contributed by atoms with Gasteiger partial charge >= 0.3 is 0 Å². The van der Waals surface area contributed by atoms with Crippen molar-refractivity contribution in [3.63, 3.8) is 0 Å². The lowest BCUT2D eigenvalue weighted by Gasteiger charge is -2.12. The largest absolute Gasteiger partial charge is 0.305 e. The average Bonchev–Trinajstić information content (AvgIpc) is 2.84. The number of hydrogen-bond acceptors (Lipinski definition) is 2. The predicted octanol–water partition coefficient (Wildman–Crippen LogP) is 5.01. The third-order valence-corrected chi connectivity index (χ3v) is 4.84. The SMILES string of the molecule is CC(NCc1ccc(Cl)c(Br)c1)c1cccs1. The minimum absolute atomic E-state index is 0.379. The standard InChI is InChI=1S/C13H13BrClNS/c1-9(13-3-2-6-17-13)16-8-10-4-5-12(15)11(14)7-10/h2-7,9,16H,8H2,1H3. The maximum Gasteiger partial charge on any atom is 0.0548 e. The molecule has 90 valence electrons. The zero-order chi connectivity index (χ0) is 12.3. The molecule has 0 radical (unpaired) electrons. The fourth-order valence-corrected chi connectivity index (χ4v) is 2.86. The van der Waals surface area contributed by atoms with Crippen LogP contribution in [0.4, 0.5) is 0 Å². The number of thiophene rings is 1. The zero-order valence-corrected chi connectivity index (χ0v) is 12.6. The van der Waals surface area contributed by atoms with Crippen LogP contribution in [0.1, 0.15) is 23.4 Å². The maximum atomic E-state index is 5.96. The summed E-state index contributed by atoms with van der Waals surface area (Å²) < 4.78 is 0.947. The van der Waals surface area contributed by atoms with Gasteiger partial charge in [0, 0.05) is 21.9 Å². The van der Waals surface area contributed by atoms with Gasteiger partial charge in [0.05, 0.1) is 5.02 Å². The molecule has 0 aliphatic carbocycles. The Kier molecular flexibility index (Phi) is 4.62. The van der Waals surface area contributed by atoms with E-state index in [1.54, 1.807) is 11.3 Å². The number of nitrogens with one attached hydrogen (secondary N) is 1. The van der Waals surface area contributed by atoms with E-state index in [0.717, 1.165) is 16.0 Å². The van der Waals surface area contributed by atoms with Crippen molar-refractivity contribution >= 4 is 38.9 Å². The second kappa shape index (κ2) is 6.01. The summed E-state index contributed by atoms with van der Waals surface area (Å²) >= 11 is 11.2. The second-order valence-electron chi connectivity index (χ2n) is 3.87. The van der Waals surface area contributed by atoms with E-state index in [0.29, 0.717) is 6.04 Å². The molecule has 17 heavy (non-hydrogen) atoms. The smallest absolute Gasteiger partial charge is 0.0548 e. The highest BCUT2D eigenvalue weighted by atomic mass is 79.9. The summed E-state index contributed by atoms with van der Waals surface area (Å²) in [7, 11) is 0. The summed E-state index contributed by atoms with van der Waals surface area (Å²) in [6.07, 6.45) is 0. The van der Waals surface area contributed by atoms with Crippen LogP contribution in [-0.2, 0) is 6.54 Å². The summed E-state index contributed by atoms with van der Waals surface area (Å²) in [5.74, 6) is 0. The van der Waals surface area contributed by atoms with E-state index in [-0.39, 0.29) is 0 Å². The van der Waals surface area contributed by atoms with Crippen LogP contribution in [0.5, 0.6) is 0 Å². The van der Waals surface area contributed by atoms with Crippen LogP contribution in [0.25, 0.3) is 0 Å². The molecule has 1 aromatic carbocycles. The summed E-state index contributed by atoms with van der Waals surface area (Å²) in [5, 5.41) is 6.35. The topological polar surface area (TPSA) is 12.0 Å². The summed E-state index contributed by atoms with van der Waals surface area (Å²) in [6.45, 7) is 3.02. The third kappa shape index (κ3) is 3.55. The van der Waals surface area contributed by atoms with Crippen molar-refractivity contribution in [2.24, 2.45) is 0 Å². The van der Waals surface area contributed by atoms with Gasteiger partial charge in [0.2, 0.25) is 0 Å². The first-order chi connectivity index (χ1) is 8.16. The molecule has 0 saturated heterocycles. The Balaban J connectivity index is 1.96. The highest BCUT2D eigenvalue weighted by molar-refractivity contribution is 9.10.